The van der Waals surface area contributed by atoms with Crippen LogP contribution in [0.1, 0.15) is 87.0 Å². The summed E-state index contributed by atoms with van der Waals surface area (Å²) in [5, 5.41) is 0. The summed E-state index contributed by atoms with van der Waals surface area (Å²) in [4.78, 5) is 0. The van der Waals surface area contributed by atoms with E-state index in [-0.39, 0.29) is 17.3 Å². The highest BCUT2D eigenvalue weighted by atomic mass is 19.2. The minimum atomic E-state index is -1.05. The zero-order valence-corrected chi connectivity index (χ0v) is 19.1. The number of hydrogen-bond donors (Lipinski definition) is 0. The third kappa shape index (κ3) is 12.0. The first-order valence-corrected chi connectivity index (χ1v) is 10.5. The van der Waals surface area contributed by atoms with Crippen LogP contribution in [0.5, 0.6) is 0 Å². The van der Waals surface area contributed by atoms with Crippen LogP contribution in [-0.2, 0) is 4.74 Å². The van der Waals surface area contributed by atoms with E-state index in [1.165, 1.54) is 32.8 Å². The maximum Gasteiger partial charge on any atom is 0.200 e. The zero-order valence-electron chi connectivity index (χ0n) is 19.1. The molecule has 0 amide bonds. The fourth-order valence-corrected chi connectivity index (χ4v) is 2.58. The molecule has 0 aromatic heterocycles. The summed E-state index contributed by atoms with van der Waals surface area (Å²) in [5.74, 6) is -0.414. The Labute approximate surface area is 168 Å². The molecule has 1 nitrogen and oxygen atoms in total. The van der Waals surface area contributed by atoms with E-state index in [9.17, 15) is 8.78 Å². The molecule has 0 radical (unpaired) electrons. The molecule has 0 aromatic carbocycles. The molecule has 3 heteroatoms. The van der Waals surface area contributed by atoms with Crippen LogP contribution in [0.4, 0.5) is 8.78 Å². The lowest BCUT2D eigenvalue weighted by atomic mass is 9.83. The molecule has 0 heterocycles. The van der Waals surface area contributed by atoms with Crippen molar-refractivity contribution in [1.29, 1.82) is 0 Å². The maximum absolute atomic E-state index is 14.1. The van der Waals surface area contributed by atoms with Crippen molar-refractivity contribution in [3.63, 3.8) is 0 Å². The van der Waals surface area contributed by atoms with Crippen molar-refractivity contribution >= 4 is 0 Å². The SMILES string of the molecule is C=C(OC)/C(F)=C(/F)C(=C)C(C)CCC(C)C(C)CCC(C)CC.CCC. The predicted octanol–water partition coefficient (Wildman–Crippen LogP) is 8.78. The summed E-state index contributed by atoms with van der Waals surface area (Å²) < 4.78 is 32.5. The lowest BCUT2D eigenvalue weighted by molar-refractivity contribution is 0.279. The van der Waals surface area contributed by atoms with Crippen LogP contribution >= 0.6 is 0 Å². The number of allylic oxidation sites excluding steroid dienone is 3. The second-order valence-electron chi connectivity index (χ2n) is 8.01. The third-order valence-electron chi connectivity index (χ3n) is 5.40. The normalized spacial score (nSPS) is 16.2. The van der Waals surface area contributed by atoms with Crippen molar-refractivity contribution in [3.05, 3.63) is 36.1 Å². The van der Waals surface area contributed by atoms with E-state index >= 15 is 0 Å². The van der Waals surface area contributed by atoms with Gasteiger partial charge in [-0.3, -0.25) is 0 Å². The minimum absolute atomic E-state index is 0.107. The van der Waals surface area contributed by atoms with Crippen LogP contribution in [0.25, 0.3) is 0 Å². The highest BCUT2D eigenvalue weighted by Crippen LogP contribution is 2.31. The Hall–Kier alpha value is -1.12. The van der Waals surface area contributed by atoms with E-state index in [0.717, 1.165) is 18.8 Å². The van der Waals surface area contributed by atoms with Gasteiger partial charge in [-0.15, -0.1) is 0 Å². The number of ether oxygens (including phenoxy) is 1. The quantitative estimate of drug-likeness (QED) is 0.240. The van der Waals surface area contributed by atoms with E-state index in [2.05, 4.69) is 59.4 Å². The lowest BCUT2D eigenvalue weighted by Gasteiger charge is -2.23. The molecular formula is C24H44F2O. The van der Waals surface area contributed by atoms with Gasteiger partial charge in [-0.1, -0.05) is 87.3 Å². The number of halogens is 2. The van der Waals surface area contributed by atoms with Gasteiger partial charge in [0.25, 0.3) is 0 Å². The Balaban J connectivity index is 0. The van der Waals surface area contributed by atoms with Crippen molar-refractivity contribution in [2.75, 3.05) is 7.11 Å². The zero-order chi connectivity index (χ0) is 21.6. The fraction of sp³-hybridized carbons (Fsp3) is 0.750. The molecule has 0 spiro atoms. The van der Waals surface area contributed by atoms with Crippen LogP contribution in [0.3, 0.4) is 0 Å². The van der Waals surface area contributed by atoms with Gasteiger partial charge in [-0.25, -0.2) is 4.39 Å². The predicted molar refractivity (Wildman–Crippen MR) is 116 cm³/mol. The molecule has 0 N–H and O–H groups in total. The molecular weight excluding hydrogens is 342 g/mol. The molecule has 4 unspecified atom stereocenters. The molecule has 160 valence electrons. The highest BCUT2D eigenvalue weighted by Gasteiger charge is 2.20. The molecule has 0 fully saturated rings. The lowest BCUT2D eigenvalue weighted by Crippen LogP contribution is -2.12. The molecule has 4 atom stereocenters. The van der Waals surface area contributed by atoms with Gasteiger partial charge in [0.1, 0.15) is 5.76 Å². The van der Waals surface area contributed by atoms with Crippen molar-refractivity contribution in [3.8, 4) is 0 Å². The van der Waals surface area contributed by atoms with Crippen molar-refractivity contribution in [1.82, 2.24) is 0 Å². The summed E-state index contributed by atoms with van der Waals surface area (Å²) >= 11 is 0. The first-order valence-electron chi connectivity index (χ1n) is 10.5. The van der Waals surface area contributed by atoms with Gasteiger partial charge >= 0.3 is 0 Å². The van der Waals surface area contributed by atoms with Crippen molar-refractivity contribution in [2.45, 2.75) is 87.0 Å². The summed E-state index contributed by atoms with van der Waals surface area (Å²) in [6.45, 7) is 22.2. The molecule has 0 bridgehead atoms. The Morgan fingerprint density at radius 3 is 1.67 bits per heavy atom. The molecule has 0 saturated carbocycles. The van der Waals surface area contributed by atoms with Crippen molar-refractivity contribution in [2.24, 2.45) is 23.7 Å². The second-order valence-corrected chi connectivity index (χ2v) is 8.01. The van der Waals surface area contributed by atoms with E-state index in [1.807, 2.05) is 6.92 Å². The number of rotatable bonds is 12. The van der Waals surface area contributed by atoms with E-state index in [1.54, 1.807) is 0 Å². The van der Waals surface area contributed by atoms with Crippen LogP contribution < -0.4 is 0 Å². The molecule has 0 rings (SSSR count). The van der Waals surface area contributed by atoms with Crippen LogP contribution in [-0.4, -0.2) is 7.11 Å². The van der Waals surface area contributed by atoms with Gasteiger partial charge in [0, 0.05) is 0 Å². The molecule has 27 heavy (non-hydrogen) atoms. The Morgan fingerprint density at radius 1 is 0.815 bits per heavy atom. The number of hydrogen-bond acceptors (Lipinski definition) is 1. The summed E-state index contributed by atoms with van der Waals surface area (Å²) in [6.07, 6.45) is 6.74. The smallest absolute Gasteiger partial charge is 0.200 e. The maximum atomic E-state index is 14.1. The average Bonchev–Trinajstić information content (AvgIpc) is 2.67. The Kier molecular flexibility index (Phi) is 16.5. The summed E-state index contributed by atoms with van der Waals surface area (Å²) in [5.41, 5.74) is 0.185. The molecule has 0 aliphatic rings. The second kappa shape index (κ2) is 15.9. The molecule has 0 aliphatic carbocycles. The van der Waals surface area contributed by atoms with E-state index in [4.69, 9.17) is 0 Å². The standard InChI is InChI=1S/C21H36F2O.C3H8/c1-9-14(2)10-11-15(3)16(4)12-13-17(5)18(6)20(22)21(23)19(7)24-8;1-3-2/h14-17H,6-7,9-13H2,1-5,8H3;3H2,1-2H3/b21-20-;. The Morgan fingerprint density at radius 2 is 1.26 bits per heavy atom. The van der Waals surface area contributed by atoms with E-state index < -0.39 is 11.7 Å². The van der Waals surface area contributed by atoms with Crippen molar-refractivity contribution < 1.29 is 13.5 Å². The third-order valence-corrected chi connectivity index (χ3v) is 5.40. The largest absolute Gasteiger partial charge is 0.494 e. The monoisotopic (exact) mass is 386 g/mol. The highest BCUT2D eigenvalue weighted by molar-refractivity contribution is 5.33. The fourth-order valence-electron chi connectivity index (χ4n) is 2.58. The van der Waals surface area contributed by atoms with Crippen LogP contribution in [0.15, 0.2) is 36.1 Å². The van der Waals surface area contributed by atoms with Gasteiger partial charge in [0.2, 0.25) is 0 Å². The average molecular weight is 387 g/mol. The van der Waals surface area contributed by atoms with Crippen LogP contribution in [0, 0.1) is 23.7 Å². The van der Waals surface area contributed by atoms with Crippen LogP contribution in [0.2, 0.25) is 0 Å². The van der Waals surface area contributed by atoms with Gasteiger partial charge in [0.05, 0.1) is 7.11 Å². The van der Waals surface area contributed by atoms with Gasteiger partial charge < -0.3 is 4.74 Å². The van der Waals surface area contributed by atoms with E-state index in [0.29, 0.717) is 11.8 Å². The van der Waals surface area contributed by atoms with Gasteiger partial charge in [0.15, 0.2) is 11.7 Å². The molecule has 0 aromatic rings. The van der Waals surface area contributed by atoms with Gasteiger partial charge in [-0.05, 0) is 42.1 Å². The molecule has 0 aliphatic heterocycles. The topological polar surface area (TPSA) is 9.23 Å². The first-order chi connectivity index (χ1) is 12.6. The Bertz CT molecular complexity index is 453. The summed E-state index contributed by atoms with van der Waals surface area (Å²) in [6, 6.07) is 0. The first kappa shape index (κ1) is 28.1. The van der Waals surface area contributed by atoms with Gasteiger partial charge in [-0.2, -0.15) is 4.39 Å². The molecule has 0 saturated heterocycles. The number of methoxy groups -OCH3 is 1. The summed E-state index contributed by atoms with van der Waals surface area (Å²) in [7, 11) is 1.27. The minimum Gasteiger partial charge on any atom is -0.494 e.